The second-order valence-electron chi connectivity index (χ2n) is 4.49. The topological polar surface area (TPSA) is 35.5 Å². The Balaban J connectivity index is 2.15. The molecule has 0 amide bonds. The number of hydrogen-bond donors (Lipinski definition) is 0. The van der Waals surface area contributed by atoms with Crippen LogP contribution in [0, 0.1) is 12.7 Å². The third kappa shape index (κ3) is 3.73. The third-order valence-corrected chi connectivity index (χ3v) is 3.22. The van der Waals surface area contributed by atoms with Crippen LogP contribution in [-0.2, 0) is 0 Å². The molecule has 2 aromatic carbocycles. The van der Waals surface area contributed by atoms with E-state index in [1.807, 2.05) is 13.0 Å². The molecule has 0 spiro atoms. The molecular formula is C16H14ClFO3. The van der Waals surface area contributed by atoms with Crippen LogP contribution < -0.4 is 9.47 Å². The van der Waals surface area contributed by atoms with Gasteiger partial charge in [-0.25, -0.2) is 4.39 Å². The molecule has 0 fully saturated rings. The molecule has 3 nitrogen and oxygen atoms in total. The van der Waals surface area contributed by atoms with Crippen LogP contribution in [0.25, 0.3) is 0 Å². The Morgan fingerprint density at radius 2 is 1.95 bits per heavy atom. The van der Waals surface area contributed by atoms with Crippen molar-refractivity contribution in [2.75, 3.05) is 13.7 Å². The molecule has 21 heavy (non-hydrogen) atoms. The van der Waals surface area contributed by atoms with Gasteiger partial charge in [0.1, 0.15) is 17.3 Å². The van der Waals surface area contributed by atoms with Crippen LogP contribution >= 0.6 is 11.6 Å². The molecule has 0 aromatic heterocycles. The summed E-state index contributed by atoms with van der Waals surface area (Å²) in [5.74, 6) is -0.169. The summed E-state index contributed by atoms with van der Waals surface area (Å²) >= 11 is 5.99. The molecule has 0 bridgehead atoms. The van der Waals surface area contributed by atoms with Crippen LogP contribution in [0.15, 0.2) is 36.4 Å². The zero-order valence-corrected chi connectivity index (χ0v) is 12.4. The lowest BCUT2D eigenvalue weighted by Crippen LogP contribution is -2.13. The number of hydrogen-bond acceptors (Lipinski definition) is 3. The summed E-state index contributed by atoms with van der Waals surface area (Å²) in [5, 5.41) is 0.416. The lowest BCUT2D eigenvalue weighted by molar-refractivity contribution is 0.0918. The molecule has 0 radical (unpaired) electrons. The highest BCUT2D eigenvalue weighted by Crippen LogP contribution is 2.26. The maximum absolute atomic E-state index is 13.3. The Morgan fingerprint density at radius 3 is 2.67 bits per heavy atom. The monoisotopic (exact) mass is 308 g/mol. The third-order valence-electron chi connectivity index (χ3n) is 2.91. The first-order chi connectivity index (χ1) is 10.0. The van der Waals surface area contributed by atoms with Crippen molar-refractivity contribution in [1.29, 1.82) is 0 Å². The predicted octanol–water partition coefficient (Wildman–Crippen LogP) is 4.06. The molecule has 0 aliphatic rings. The number of halogens is 2. The molecule has 2 rings (SSSR count). The maximum atomic E-state index is 13.3. The van der Waals surface area contributed by atoms with Crippen LogP contribution in [0.1, 0.15) is 15.9 Å². The van der Waals surface area contributed by atoms with E-state index in [2.05, 4.69) is 0 Å². The Kier molecular flexibility index (Phi) is 4.81. The van der Waals surface area contributed by atoms with Gasteiger partial charge in [0.15, 0.2) is 6.61 Å². The highest BCUT2D eigenvalue weighted by molar-refractivity contribution is 6.32. The average molecular weight is 309 g/mol. The number of ether oxygens (including phenoxy) is 2. The summed E-state index contributed by atoms with van der Waals surface area (Å²) in [7, 11) is 1.42. The number of Topliss-reactive ketones (excluding diaryl/α,β-unsaturated/α-hetero) is 1. The predicted molar refractivity (Wildman–Crippen MR) is 79.0 cm³/mol. The molecule has 5 heteroatoms. The van der Waals surface area contributed by atoms with Gasteiger partial charge < -0.3 is 9.47 Å². The number of carbonyl (C=O) groups excluding carboxylic acids is 1. The van der Waals surface area contributed by atoms with Gasteiger partial charge in [0.05, 0.1) is 17.7 Å². The van der Waals surface area contributed by atoms with E-state index < -0.39 is 5.82 Å². The van der Waals surface area contributed by atoms with Crippen LogP contribution in [0.2, 0.25) is 5.02 Å². The number of rotatable bonds is 5. The van der Waals surface area contributed by atoms with E-state index in [0.29, 0.717) is 16.5 Å². The molecule has 0 heterocycles. The minimum atomic E-state index is -0.507. The molecule has 0 atom stereocenters. The first-order valence-corrected chi connectivity index (χ1v) is 6.64. The molecule has 110 valence electrons. The second kappa shape index (κ2) is 6.59. The summed E-state index contributed by atoms with van der Waals surface area (Å²) < 4.78 is 23.7. The van der Waals surface area contributed by atoms with E-state index in [-0.39, 0.29) is 18.0 Å². The first-order valence-electron chi connectivity index (χ1n) is 6.27. The molecule has 2 aromatic rings. The van der Waals surface area contributed by atoms with Crippen molar-refractivity contribution in [3.63, 3.8) is 0 Å². The summed E-state index contributed by atoms with van der Waals surface area (Å²) in [5.41, 5.74) is 1.10. The molecule has 0 saturated heterocycles. The summed E-state index contributed by atoms with van der Waals surface area (Å²) in [6.07, 6.45) is 0. The largest absolute Gasteiger partial charge is 0.496 e. The van der Waals surface area contributed by atoms with Crippen LogP contribution in [-0.4, -0.2) is 19.5 Å². The van der Waals surface area contributed by atoms with E-state index in [1.165, 1.54) is 19.2 Å². The van der Waals surface area contributed by atoms with Gasteiger partial charge >= 0.3 is 0 Å². The zero-order valence-electron chi connectivity index (χ0n) is 11.7. The van der Waals surface area contributed by atoms with E-state index in [9.17, 15) is 9.18 Å². The van der Waals surface area contributed by atoms with Crippen molar-refractivity contribution in [1.82, 2.24) is 0 Å². The van der Waals surface area contributed by atoms with E-state index in [1.54, 1.807) is 12.1 Å². The smallest absolute Gasteiger partial charge is 0.204 e. The minimum Gasteiger partial charge on any atom is -0.496 e. The zero-order chi connectivity index (χ0) is 15.4. The molecule has 0 aliphatic heterocycles. The van der Waals surface area contributed by atoms with E-state index in [4.69, 9.17) is 21.1 Å². The number of ketones is 1. The fourth-order valence-corrected chi connectivity index (χ4v) is 2.01. The minimum absolute atomic E-state index is 0.140. The SMILES string of the molecule is COc1ccc(F)cc1C(=O)COc1cc(C)ccc1Cl. The van der Waals surface area contributed by atoms with Crippen molar-refractivity contribution in [2.24, 2.45) is 0 Å². The van der Waals surface area contributed by atoms with Crippen LogP contribution in [0.4, 0.5) is 4.39 Å². The molecular weight excluding hydrogens is 295 g/mol. The first kappa shape index (κ1) is 15.3. The molecule has 0 saturated carbocycles. The van der Waals surface area contributed by atoms with Gasteiger partial charge in [0, 0.05) is 0 Å². The summed E-state index contributed by atoms with van der Waals surface area (Å²) in [6, 6.07) is 9.03. The Labute approximate surface area is 127 Å². The van der Waals surface area contributed by atoms with E-state index in [0.717, 1.165) is 11.6 Å². The van der Waals surface area contributed by atoms with Gasteiger partial charge in [-0.2, -0.15) is 0 Å². The Morgan fingerprint density at radius 1 is 1.19 bits per heavy atom. The van der Waals surface area contributed by atoms with Gasteiger partial charge in [0.2, 0.25) is 5.78 Å². The lowest BCUT2D eigenvalue weighted by Gasteiger charge is -2.10. The van der Waals surface area contributed by atoms with Gasteiger partial charge in [-0.1, -0.05) is 17.7 Å². The normalized spacial score (nSPS) is 10.3. The Bertz CT molecular complexity index is 671. The number of carbonyl (C=O) groups is 1. The standard InChI is InChI=1S/C16H14ClFO3/c1-10-3-5-13(17)16(7-10)21-9-14(19)12-8-11(18)4-6-15(12)20-2/h3-8H,9H2,1-2H3. The highest BCUT2D eigenvalue weighted by atomic mass is 35.5. The highest BCUT2D eigenvalue weighted by Gasteiger charge is 2.15. The fraction of sp³-hybridized carbons (Fsp3) is 0.188. The maximum Gasteiger partial charge on any atom is 0.204 e. The van der Waals surface area contributed by atoms with Gasteiger partial charge in [-0.05, 0) is 42.8 Å². The van der Waals surface area contributed by atoms with Crippen molar-refractivity contribution in [3.05, 3.63) is 58.4 Å². The molecule has 0 aliphatic carbocycles. The Hall–Kier alpha value is -2.07. The summed E-state index contributed by atoms with van der Waals surface area (Å²) in [4.78, 5) is 12.1. The molecule has 0 unspecified atom stereocenters. The number of methoxy groups -OCH3 is 1. The van der Waals surface area contributed by atoms with Crippen molar-refractivity contribution in [2.45, 2.75) is 6.92 Å². The average Bonchev–Trinajstić information content (AvgIpc) is 2.47. The lowest BCUT2D eigenvalue weighted by atomic mass is 10.1. The number of benzene rings is 2. The fourth-order valence-electron chi connectivity index (χ4n) is 1.84. The van der Waals surface area contributed by atoms with Crippen molar-refractivity contribution in [3.8, 4) is 11.5 Å². The summed E-state index contributed by atoms with van der Waals surface area (Å²) in [6.45, 7) is 1.64. The van der Waals surface area contributed by atoms with Gasteiger partial charge in [-0.3, -0.25) is 4.79 Å². The van der Waals surface area contributed by atoms with E-state index >= 15 is 0 Å². The van der Waals surface area contributed by atoms with Crippen LogP contribution in [0.5, 0.6) is 11.5 Å². The van der Waals surface area contributed by atoms with Crippen molar-refractivity contribution < 1.29 is 18.7 Å². The quantitative estimate of drug-likeness (QED) is 0.781. The second-order valence-corrected chi connectivity index (χ2v) is 4.90. The van der Waals surface area contributed by atoms with Crippen LogP contribution in [0.3, 0.4) is 0 Å². The van der Waals surface area contributed by atoms with Gasteiger partial charge in [-0.15, -0.1) is 0 Å². The molecule has 0 N–H and O–H groups in total. The van der Waals surface area contributed by atoms with Crippen molar-refractivity contribution >= 4 is 17.4 Å². The number of aryl methyl sites for hydroxylation is 1. The van der Waals surface area contributed by atoms with Gasteiger partial charge in [0.25, 0.3) is 0 Å².